The summed E-state index contributed by atoms with van der Waals surface area (Å²) < 4.78 is 27.7. The summed E-state index contributed by atoms with van der Waals surface area (Å²) in [7, 11) is -3.60. The van der Waals surface area contributed by atoms with E-state index in [1.807, 2.05) is 13.0 Å². The molecule has 1 aromatic carbocycles. The number of benzene rings is 1. The predicted octanol–water partition coefficient (Wildman–Crippen LogP) is 3.77. The summed E-state index contributed by atoms with van der Waals surface area (Å²) in [6.07, 6.45) is 5.82. The smallest absolute Gasteiger partial charge is 0.251 e. The number of nitrogens with zero attached hydrogens (tertiary/aromatic N) is 1. The molecule has 0 bridgehead atoms. The summed E-state index contributed by atoms with van der Waals surface area (Å²) in [6.45, 7) is 4.32. The van der Waals surface area contributed by atoms with Crippen molar-refractivity contribution in [1.82, 2.24) is 4.31 Å². The van der Waals surface area contributed by atoms with Crippen molar-refractivity contribution >= 4 is 38.2 Å². The van der Waals surface area contributed by atoms with Gasteiger partial charge in [-0.25, -0.2) is 8.42 Å². The molecule has 1 aromatic heterocycles. The second-order valence-electron chi connectivity index (χ2n) is 9.07. The van der Waals surface area contributed by atoms with Crippen LogP contribution in [0.3, 0.4) is 0 Å². The van der Waals surface area contributed by atoms with Crippen LogP contribution in [0.1, 0.15) is 64.0 Å². The zero-order chi connectivity index (χ0) is 23.8. The molecule has 4 rings (SSSR count). The van der Waals surface area contributed by atoms with Crippen LogP contribution >= 0.6 is 11.3 Å². The van der Waals surface area contributed by atoms with E-state index in [-0.39, 0.29) is 24.9 Å². The van der Waals surface area contributed by atoms with E-state index >= 15 is 0 Å². The molecule has 178 valence electrons. The van der Waals surface area contributed by atoms with Gasteiger partial charge in [0.2, 0.25) is 15.9 Å². The van der Waals surface area contributed by atoms with E-state index in [9.17, 15) is 18.0 Å². The number of nitrogens with two attached hydrogens (primary N) is 1. The van der Waals surface area contributed by atoms with E-state index in [2.05, 4.69) is 5.32 Å². The minimum Gasteiger partial charge on any atom is -0.365 e. The molecule has 2 amide bonds. The van der Waals surface area contributed by atoms with Gasteiger partial charge in [0.25, 0.3) is 5.91 Å². The van der Waals surface area contributed by atoms with E-state index < -0.39 is 15.9 Å². The number of carbonyl (C=O) groups is 2. The summed E-state index contributed by atoms with van der Waals surface area (Å²) in [6, 6.07) is 5.33. The molecule has 0 unspecified atom stereocenters. The average Bonchev–Trinajstić information content (AvgIpc) is 2.94. The summed E-state index contributed by atoms with van der Waals surface area (Å²) in [5, 5.41) is 3.50. The van der Waals surface area contributed by atoms with Crippen molar-refractivity contribution in [2.75, 3.05) is 18.4 Å². The molecule has 1 aliphatic carbocycles. The fourth-order valence-corrected chi connectivity index (χ4v) is 7.86. The highest BCUT2D eigenvalue weighted by Gasteiger charge is 2.34. The van der Waals surface area contributed by atoms with E-state index in [4.69, 9.17) is 5.73 Å². The average molecular weight is 490 g/mol. The van der Waals surface area contributed by atoms with E-state index in [0.29, 0.717) is 28.3 Å². The van der Waals surface area contributed by atoms with Gasteiger partial charge in [0, 0.05) is 23.9 Å². The second-order valence-corrected chi connectivity index (χ2v) is 12.1. The highest BCUT2D eigenvalue weighted by Crippen LogP contribution is 2.38. The Morgan fingerprint density at radius 3 is 2.45 bits per heavy atom. The third-order valence-corrected chi connectivity index (χ3v) is 9.94. The fourth-order valence-electron chi connectivity index (χ4n) is 4.89. The molecule has 0 spiro atoms. The van der Waals surface area contributed by atoms with Crippen LogP contribution in [-0.2, 0) is 27.7 Å². The normalized spacial score (nSPS) is 17.9. The predicted molar refractivity (Wildman–Crippen MR) is 130 cm³/mol. The van der Waals surface area contributed by atoms with Gasteiger partial charge in [-0.05, 0) is 69.6 Å². The van der Waals surface area contributed by atoms with Gasteiger partial charge in [0.15, 0.2) is 0 Å². The molecular weight excluding hydrogens is 458 g/mol. The van der Waals surface area contributed by atoms with Gasteiger partial charge < -0.3 is 11.1 Å². The van der Waals surface area contributed by atoms with Gasteiger partial charge >= 0.3 is 0 Å². The molecule has 1 saturated heterocycles. The summed E-state index contributed by atoms with van der Waals surface area (Å²) in [4.78, 5) is 26.6. The summed E-state index contributed by atoms with van der Waals surface area (Å²) in [5.74, 6) is -0.977. The summed E-state index contributed by atoms with van der Waals surface area (Å²) in [5.41, 5.74) is 8.87. The Morgan fingerprint density at radius 2 is 1.79 bits per heavy atom. The standard InChI is InChI=1S/C24H31N3O4S2/c1-15-8-9-20(16(2)14-15)33(30,31)27-12-10-17(11-13-27)23(29)26-24-21(22(25)28)18-6-4-3-5-7-19(18)32-24/h8-9,14,17H,3-7,10-13H2,1-2H3,(H2,25,28)(H,26,29). The lowest BCUT2D eigenvalue weighted by molar-refractivity contribution is -0.120. The van der Waals surface area contributed by atoms with Crippen molar-refractivity contribution in [3.63, 3.8) is 0 Å². The number of primary amides is 1. The highest BCUT2D eigenvalue weighted by atomic mass is 32.2. The number of nitrogens with one attached hydrogen (secondary N) is 1. The number of thiophene rings is 1. The Morgan fingerprint density at radius 1 is 1.09 bits per heavy atom. The van der Waals surface area contributed by atoms with Crippen LogP contribution in [0.25, 0.3) is 0 Å². The number of piperidine rings is 1. The number of aryl methyl sites for hydroxylation is 3. The Kier molecular flexibility index (Phi) is 6.93. The van der Waals surface area contributed by atoms with Gasteiger partial charge in [-0.1, -0.05) is 24.1 Å². The molecular formula is C24H31N3O4S2. The maximum absolute atomic E-state index is 13.1. The van der Waals surface area contributed by atoms with Gasteiger partial charge in [0.05, 0.1) is 10.5 Å². The Balaban J connectivity index is 1.45. The molecule has 7 nitrogen and oxygen atoms in total. The first-order chi connectivity index (χ1) is 15.7. The van der Waals surface area contributed by atoms with Crippen molar-refractivity contribution in [2.45, 2.75) is 63.7 Å². The lowest BCUT2D eigenvalue weighted by Gasteiger charge is -2.31. The first-order valence-corrected chi connectivity index (χ1v) is 13.8. The molecule has 0 radical (unpaired) electrons. The molecule has 2 aliphatic rings. The van der Waals surface area contributed by atoms with Gasteiger partial charge in [-0.15, -0.1) is 11.3 Å². The first-order valence-electron chi connectivity index (χ1n) is 11.5. The van der Waals surface area contributed by atoms with Crippen LogP contribution in [-0.4, -0.2) is 37.6 Å². The number of fused-ring (bicyclic) bond motifs is 1. The van der Waals surface area contributed by atoms with Crippen molar-refractivity contribution in [3.05, 3.63) is 45.3 Å². The van der Waals surface area contributed by atoms with Gasteiger partial charge in [-0.3, -0.25) is 9.59 Å². The van der Waals surface area contributed by atoms with Crippen LogP contribution in [0, 0.1) is 19.8 Å². The lowest BCUT2D eigenvalue weighted by atomic mass is 9.97. The molecule has 1 fully saturated rings. The number of sulfonamides is 1. The van der Waals surface area contributed by atoms with Crippen molar-refractivity contribution in [2.24, 2.45) is 11.7 Å². The molecule has 9 heteroatoms. The Bertz CT molecular complexity index is 1180. The number of anilines is 1. The van der Waals surface area contributed by atoms with Crippen molar-refractivity contribution < 1.29 is 18.0 Å². The van der Waals surface area contributed by atoms with Crippen molar-refractivity contribution in [3.8, 4) is 0 Å². The quantitative estimate of drug-likeness (QED) is 0.623. The SMILES string of the molecule is Cc1ccc(S(=O)(=O)N2CCC(C(=O)Nc3sc4c(c3C(N)=O)CCCCC4)CC2)c(C)c1. The first kappa shape index (κ1) is 23.9. The van der Waals surface area contributed by atoms with E-state index in [1.165, 1.54) is 15.6 Å². The largest absolute Gasteiger partial charge is 0.365 e. The Hall–Kier alpha value is -2.23. The zero-order valence-electron chi connectivity index (χ0n) is 19.1. The number of hydrogen-bond acceptors (Lipinski definition) is 5. The number of hydrogen-bond donors (Lipinski definition) is 2. The highest BCUT2D eigenvalue weighted by molar-refractivity contribution is 7.89. The number of amides is 2. The van der Waals surface area contributed by atoms with Crippen LogP contribution in [0.2, 0.25) is 0 Å². The molecule has 2 aromatic rings. The molecule has 0 atom stereocenters. The maximum Gasteiger partial charge on any atom is 0.251 e. The maximum atomic E-state index is 13.1. The van der Waals surface area contributed by atoms with E-state index in [1.54, 1.807) is 19.1 Å². The topological polar surface area (TPSA) is 110 Å². The third kappa shape index (κ3) is 4.85. The van der Waals surface area contributed by atoms with E-state index in [0.717, 1.165) is 53.7 Å². The Labute approximate surface area is 199 Å². The monoisotopic (exact) mass is 489 g/mol. The van der Waals surface area contributed by atoms with Crippen molar-refractivity contribution in [1.29, 1.82) is 0 Å². The van der Waals surface area contributed by atoms with Crippen LogP contribution in [0.4, 0.5) is 5.00 Å². The van der Waals surface area contributed by atoms with Crippen LogP contribution in [0.5, 0.6) is 0 Å². The molecule has 0 saturated carbocycles. The van der Waals surface area contributed by atoms with Crippen LogP contribution < -0.4 is 11.1 Å². The molecule has 33 heavy (non-hydrogen) atoms. The summed E-state index contributed by atoms with van der Waals surface area (Å²) >= 11 is 1.46. The fraction of sp³-hybridized carbons (Fsp3) is 0.500. The minimum atomic E-state index is -3.60. The zero-order valence-corrected chi connectivity index (χ0v) is 20.8. The van der Waals surface area contributed by atoms with Crippen LogP contribution in [0.15, 0.2) is 23.1 Å². The van der Waals surface area contributed by atoms with Gasteiger partial charge in [0.1, 0.15) is 5.00 Å². The number of carbonyl (C=O) groups excluding carboxylic acids is 2. The lowest BCUT2D eigenvalue weighted by Crippen LogP contribution is -2.41. The third-order valence-electron chi connectivity index (χ3n) is 6.68. The molecule has 3 N–H and O–H groups in total. The number of rotatable bonds is 5. The molecule has 2 heterocycles. The molecule has 1 aliphatic heterocycles. The minimum absolute atomic E-state index is 0.169. The second kappa shape index (κ2) is 9.56. The van der Waals surface area contributed by atoms with Gasteiger partial charge in [-0.2, -0.15) is 4.31 Å².